The zero-order chi connectivity index (χ0) is 30.6. The van der Waals surface area contributed by atoms with Gasteiger partial charge in [0.2, 0.25) is 0 Å². The predicted molar refractivity (Wildman–Crippen MR) is 160 cm³/mol. The minimum absolute atomic E-state index is 0.0722. The standard InChI is InChI=1S/C35H56O6/c1-10-20(2)29(40)41-28-27(39)30(3,4)17-22-21-11-12-24-32(7)15-14-25(37)31(5,6)23(32)13-16-33(24,8)34(21,9)18-26(38)35(22,28)19-36/h10-11,22-28,36-39H,12-19H2,1-9H3/b20-10-. The number of aliphatic hydroxyl groups excluding tert-OH is 4. The third-order valence-corrected chi connectivity index (χ3v) is 14.4. The maximum atomic E-state index is 13.1. The first-order chi connectivity index (χ1) is 18.9. The molecule has 4 fully saturated rings. The van der Waals surface area contributed by atoms with Crippen LogP contribution in [0.4, 0.5) is 0 Å². The predicted octanol–water partition coefficient (Wildman–Crippen LogP) is 5.57. The second kappa shape index (κ2) is 9.64. The van der Waals surface area contributed by atoms with Gasteiger partial charge in [-0.05, 0) is 104 Å². The molecule has 0 saturated heterocycles. The highest BCUT2D eigenvalue weighted by molar-refractivity contribution is 5.87. The molecule has 0 aromatic heterocycles. The molecule has 0 aromatic carbocycles. The lowest BCUT2D eigenvalue weighted by atomic mass is 9.33. The first-order valence-corrected chi connectivity index (χ1v) is 16.1. The lowest BCUT2D eigenvalue weighted by Crippen LogP contribution is -2.72. The van der Waals surface area contributed by atoms with Gasteiger partial charge in [0.1, 0.15) is 6.10 Å². The van der Waals surface area contributed by atoms with Gasteiger partial charge in [-0.2, -0.15) is 0 Å². The van der Waals surface area contributed by atoms with Crippen molar-refractivity contribution in [2.45, 2.75) is 132 Å². The zero-order valence-corrected chi connectivity index (χ0v) is 27.0. The first kappa shape index (κ1) is 31.2. The normalized spacial score (nSPS) is 50.4. The van der Waals surface area contributed by atoms with Crippen LogP contribution in [0.2, 0.25) is 0 Å². The van der Waals surface area contributed by atoms with Crippen LogP contribution in [0, 0.1) is 50.2 Å². The third-order valence-electron chi connectivity index (χ3n) is 14.4. The Hall–Kier alpha value is -1.21. The largest absolute Gasteiger partial charge is 0.455 e. The molecule has 232 valence electrons. The SMILES string of the molecule is C/C=C(/C)C(=O)OC1C(O)C(C)(C)CC2C3=CCC4C5(C)CCC(O)C(C)(C)C5CCC4(C)C3(C)CC(O)C21CO. The number of hydrogen-bond acceptors (Lipinski definition) is 6. The van der Waals surface area contributed by atoms with Gasteiger partial charge in [-0.25, -0.2) is 4.79 Å². The number of carbonyl (C=O) groups is 1. The summed E-state index contributed by atoms with van der Waals surface area (Å²) >= 11 is 0. The molecule has 5 aliphatic rings. The molecule has 0 bridgehead atoms. The fraction of sp³-hybridized carbons (Fsp3) is 0.857. The molecule has 0 aliphatic heterocycles. The summed E-state index contributed by atoms with van der Waals surface area (Å²) in [7, 11) is 0. The van der Waals surface area contributed by atoms with Crippen molar-refractivity contribution in [2.75, 3.05) is 6.61 Å². The van der Waals surface area contributed by atoms with Gasteiger partial charge in [0.05, 0.1) is 30.3 Å². The van der Waals surface area contributed by atoms with E-state index in [0.717, 1.165) is 32.1 Å². The Morgan fingerprint density at radius 1 is 0.976 bits per heavy atom. The van der Waals surface area contributed by atoms with Gasteiger partial charge in [0, 0.05) is 5.57 Å². The Balaban J connectivity index is 1.63. The number of esters is 1. The molecule has 11 unspecified atom stereocenters. The fourth-order valence-electron chi connectivity index (χ4n) is 11.4. The van der Waals surface area contributed by atoms with Crippen LogP contribution in [-0.2, 0) is 9.53 Å². The Morgan fingerprint density at radius 3 is 2.24 bits per heavy atom. The van der Waals surface area contributed by atoms with E-state index in [2.05, 4.69) is 40.7 Å². The average molecular weight is 573 g/mol. The minimum atomic E-state index is -1.18. The number of rotatable bonds is 3. The second-order valence-corrected chi connectivity index (χ2v) is 16.6. The summed E-state index contributed by atoms with van der Waals surface area (Å²) in [5, 5.41) is 46.0. The van der Waals surface area contributed by atoms with Crippen LogP contribution >= 0.6 is 0 Å². The van der Waals surface area contributed by atoms with Crippen molar-refractivity contribution >= 4 is 5.97 Å². The summed E-state index contributed by atoms with van der Waals surface area (Å²) in [5.41, 5.74) is -0.470. The van der Waals surface area contributed by atoms with Gasteiger partial charge in [-0.1, -0.05) is 66.2 Å². The van der Waals surface area contributed by atoms with Crippen LogP contribution in [0.15, 0.2) is 23.3 Å². The zero-order valence-electron chi connectivity index (χ0n) is 27.0. The first-order valence-electron chi connectivity index (χ1n) is 16.1. The molecule has 11 atom stereocenters. The van der Waals surface area contributed by atoms with Crippen LogP contribution in [0.3, 0.4) is 0 Å². The van der Waals surface area contributed by atoms with Crippen LogP contribution in [0.5, 0.6) is 0 Å². The number of allylic oxidation sites excluding steroid dienone is 3. The van der Waals surface area contributed by atoms with Crippen molar-refractivity contribution in [2.24, 2.45) is 50.2 Å². The van der Waals surface area contributed by atoms with Gasteiger partial charge in [-0.3, -0.25) is 0 Å². The van der Waals surface area contributed by atoms with Crippen LogP contribution in [-0.4, -0.2) is 57.4 Å². The molecule has 0 aromatic rings. The average Bonchev–Trinajstić information content (AvgIpc) is 2.89. The van der Waals surface area contributed by atoms with Gasteiger partial charge in [-0.15, -0.1) is 0 Å². The van der Waals surface area contributed by atoms with E-state index in [1.54, 1.807) is 19.9 Å². The molecule has 0 radical (unpaired) electrons. The monoisotopic (exact) mass is 572 g/mol. The van der Waals surface area contributed by atoms with E-state index in [0.29, 0.717) is 30.3 Å². The van der Waals surface area contributed by atoms with E-state index in [4.69, 9.17) is 4.74 Å². The summed E-state index contributed by atoms with van der Waals surface area (Å²) in [6.45, 7) is 18.9. The lowest BCUT2D eigenvalue weighted by Gasteiger charge is -2.72. The molecule has 4 saturated carbocycles. The van der Waals surface area contributed by atoms with Gasteiger partial charge in [0.15, 0.2) is 0 Å². The highest BCUT2D eigenvalue weighted by atomic mass is 16.6. The summed E-state index contributed by atoms with van der Waals surface area (Å²) < 4.78 is 6.06. The van der Waals surface area contributed by atoms with Crippen LogP contribution in [0.25, 0.3) is 0 Å². The van der Waals surface area contributed by atoms with Crippen molar-refractivity contribution in [1.29, 1.82) is 0 Å². The number of fused-ring (bicyclic) bond motifs is 7. The van der Waals surface area contributed by atoms with Crippen molar-refractivity contribution < 1.29 is 30.0 Å². The summed E-state index contributed by atoms with van der Waals surface area (Å²) in [6.07, 6.45) is 6.74. The number of ether oxygens (including phenoxy) is 1. The molecular weight excluding hydrogens is 516 g/mol. The molecule has 41 heavy (non-hydrogen) atoms. The molecule has 5 rings (SSSR count). The van der Waals surface area contributed by atoms with Crippen molar-refractivity contribution in [3.63, 3.8) is 0 Å². The molecule has 6 nitrogen and oxygen atoms in total. The summed E-state index contributed by atoms with van der Waals surface area (Å²) in [6, 6.07) is 0. The van der Waals surface area contributed by atoms with E-state index in [9.17, 15) is 25.2 Å². The van der Waals surface area contributed by atoms with Crippen LogP contribution in [0.1, 0.15) is 107 Å². The smallest absolute Gasteiger partial charge is 0.333 e. The molecule has 5 aliphatic carbocycles. The second-order valence-electron chi connectivity index (χ2n) is 16.6. The van der Waals surface area contributed by atoms with E-state index in [-0.39, 0.29) is 40.3 Å². The van der Waals surface area contributed by atoms with E-state index < -0.39 is 35.1 Å². The minimum Gasteiger partial charge on any atom is -0.455 e. The van der Waals surface area contributed by atoms with Crippen molar-refractivity contribution in [3.8, 4) is 0 Å². The molecule has 0 amide bonds. The summed E-state index contributed by atoms with van der Waals surface area (Å²) in [4.78, 5) is 13.1. The Labute approximate surface area is 247 Å². The molecular formula is C35H56O6. The maximum absolute atomic E-state index is 13.1. The Morgan fingerprint density at radius 2 is 1.63 bits per heavy atom. The molecule has 4 N–H and O–H groups in total. The Bertz CT molecular complexity index is 1140. The lowest BCUT2D eigenvalue weighted by molar-refractivity contribution is -0.262. The quantitative estimate of drug-likeness (QED) is 0.200. The highest BCUT2D eigenvalue weighted by Gasteiger charge is 2.72. The third kappa shape index (κ3) is 3.92. The van der Waals surface area contributed by atoms with E-state index in [1.807, 2.05) is 13.8 Å². The van der Waals surface area contributed by atoms with Crippen LogP contribution < -0.4 is 0 Å². The number of carbonyl (C=O) groups excluding carboxylic acids is 1. The summed E-state index contributed by atoms with van der Waals surface area (Å²) in [5.74, 6) is 0.106. The van der Waals surface area contributed by atoms with Crippen molar-refractivity contribution in [3.05, 3.63) is 23.3 Å². The van der Waals surface area contributed by atoms with E-state index >= 15 is 0 Å². The molecule has 0 heterocycles. The van der Waals surface area contributed by atoms with Gasteiger partial charge in [0.25, 0.3) is 0 Å². The Kier molecular flexibility index (Phi) is 7.34. The number of hydrogen-bond donors (Lipinski definition) is 4. The topological polar surface area (TPSA) is 107 Å². The fourth-order valence-corrected chi connectivity index (χ4v) is 11.4. The maximum Gasteiger partial charge on any atom is 0.333 e. The number of aliphatic hydroxyl groups is 4. The van der Waals surface area contributed by atoms with E-state index in [1.165, 1.54) is 5.57 Å². The molecule has 0 spiro atoms. The van der Waals surface area contributed by atoms with Gasteiger partial charge < -0.3 is 25.2 Å². The highest BCUT2D eigenvalue weighted by Crippen LogP contribution is 2.75. The van der Waals surface area contributed by atoms with Gasteiger partial charge >= 0.3 is 5.97 Å². The molecule has 6 heteroatoms. The van der Waals surface area contributed by atoms with Crippen molar-refractivity contribution in [1.82, 2.24) is 0 Å².